The highest BCUT2D eigenvalue weighted by Crippen LogP contribution is 2.25. The number of thiocarbonyl (C=S) groups is 1. The first kappa shape index (κ1) is 25.1. The number of hydrogen-bond donors (Lipinski definition) is 1. The van der Waals surface area contributed by atoms with Crippen molar-refractivity contribution in [2.45, 2.75) is 46.1 Å². The van der Waals surface area contributed by atoms with Crippen molar-refractivity contribution in [2.24, 2.45) is 0 Å². The zero-order valence-electron chi connectivity index (χ0n) is 17.6. The van der Waals surface area contributed by atoms with Gasteiger partial charge in [0.1, 0.15) is 0 Å². The number of esters is 1. The lowest BCUT2D eigenvalue weighted by atomic mass is 10.1. The normalized spacial score (nSPS) is 10.5. The lowest BCUT2D eigenvalue weighted by molar-refractivity contribution is -0.119. The third-order valence-electron chi connectivity index (χ3n) is 4.53. The minimum Gasteiger partial charge on any atom is -0.462 e. The minimum absolute atomic E-state index is 0.131. The number of amides is 1. The molecule has 0 radical (unpaired) electrons. The molecule has 8 heteroatoms. The lowest BCUT2D eigenvalue weighted by Gasteiger charge is -2.26. The van der Waals surface area contributed by atoms with Crippen LogP contribution in [-0.2, 0) is 16.1 Å². The topological polar surface area (TPSA) is 58.6 Å². The van der Waals surface area contributed by atoms with Crippen molar-refractivity contribution in [2.75, 3.05) is 11.5 Å². The molecule has 0 fully saturated rings. The number of nitrogens with one attached hydrogen (secondary N) is 1. The van der Waals surface area contributed by atoms with Gasteiger partial charge in [-0.25, -0.2) is 4.79 Å². The second-order valence-corrected chi connectivity index (χ2v) is 8.13. The SMILES string of the molecule is CCCCCC(=O)NC(=S)N(Cc1ccc(Cl)cc1Cl)c1ccc(C(=O)OCC)cc1. The van der Waals surface area contributed by atoms with Gasteiger partial charge in [-0.1, -0.05) is 49.0 Å². The van der Waals surface area contributed by atoms with E-state index in [1.54, 1.807) is 48.2 Å². The highest BCUT2D eigenvalue weighted by atomic mass is 35.5. The molecule has 0 heterocycles. The van der Waals surface area contributed by atoms with Gasteiger partial charge < -0.3 is 15.0 Å². The Hall–Kier alpha value is -2.15. The molecule has 0 saturated carbocycles. The first-order valence-corrected chi connectivity index (χ1v) is 11.3. The number of carbonyl (C=O) groups is 2. The van der Waals surface area contributed by atoms with Crippen molar-refractivity contribution in [3.05, 3.63) is 63.6 Å². The molecule has 0 aliphatic carbocycles. The van der Waals surface area contributed by atoms with Crippen LogP contribution < -0.4 is 10.2 Å². The van der Waals surface area contributed by atoms with E-state index in [2.05, 4.69) is 12.2 Å². The van der Waals surface area contributed by atoms with Crippen molar-refractivity contribution in [1.82, 2.24) is 5.32 Å². The molecule has 2 aromatic carbocycles. The van der Waals surface area contributed by atoms with Gasteiger partial charge in [-0.05, 0) is 67.5 Å². The van der Waals surface area contributed by atoms with Gasteiger partial charge in [-0.3, -0.25) is 4.79 Å². The van der Waals surface area contributed by atoms with Gasteiger partial charge in [0.25, 0.3) is 0 Å². The van der Waals surface area contributed by atoms with Crippen LogP contribution in [0.3, 0.4) is 0 Å². The van der Waals surface area contributed by atoms with Gasteiger partial charge in [-0.2, -0.15) is 0 Å². The zero-order valence-corrected chi connectivity index (χ0v) is 19.9. The van der Waals surface area contributed by atoms with E-state index in [9.17, 15) is 9.59 Å². The summed E-state index contributed by atoms with van der Waals surface area (Å²) in [6.07, 6.45) is 3.23. The largest absolute Gasteiger partial charge is 0.462 e. The quantitative estimate of drug-likeness (QED) is 0.264. The second kappa shape index (κ2) is 12.6. The molecule has 1 amide bonds. The van der Waals surface area contributed by atoms with Crippen LogP contribution in [0.25, 0.3) is 0 Å². The molecule has 0 unspecified atom stereocenters. The number of hydrogen-bond acceptors (Lipinski definition) is 4. The molecule has 31 heavy (non-hydrogen) atoms. The number of halogens is 2. The van der Waals surface area contributed by atoms with Gasteiger partial charge in [0.15, 0.2) is 5.11 Å². The van der Waals surface area contributed by atoms with Gasteiger partial charge in [0, 0.05) is 22.2 Å². The monoisotopic (exact) mass is 480 g/mol. The Bertz CT molecular complexity index is 920. The number of benzene rings is 2. The molecule has 0 aromatic heterocycles. The second-order valence-electron chi connectivity index (χ2n) is 6.90. The van der Waals surface area contributed by atoms with Crippen LogP contribution in [0.1, 0.15) is 55.5 Å². The molecule has 0 saturated heterocycles. The van der Waals surface area contributed by atoms with Gasteiger partial charge in [0.05, 0.1) is 18.7 Å². The van der Waals surface area contributed by atoms with E-state index in [0.29, 0.717) is 40.9 Å². The molecule has 5 nitrogen and oxygen atoms in total. The Kier molecular flexibility index (Phi) is 10.2. The summed E-state index contributed by atoms with van der Waals surface area (Å²) < 4.78 is 5.03. The first-order valence-electron chi connectivity index (χ1n) is 10.2. The summed E-state index contributed by atoms with van der Waals surface area (Å²) >= 11 is 17.9. The maximum atomic E-state index is 12.3. The molecule has 2 rings (SSSR count). The highest BCUT2D eigenvalue weighted by Gasteiger charge is 2.18. The average molecular weight is 481 g/mol. The molecule has 0 spiro atoms. The average Bonchev–Trinajstić information content (AvgIpc) is 2.73. The third-order valence-corrected chi connectivity index (χ3v) is 5.44. The number of carbonyl (C=O) groups excluding carboxylic acids is 2. The summed E-state index contributed by atoms with van der Waals surface area (Å²) in [5.74, 6) is -0.526. The van der Waals surface area contributed by atoms with E-state index in [4.69, 9.17) is 40.2 Å². The van der Waals surface area contributed by atoms with Gasteiger partial charge >= 0.3 is 5.97 Å². The van der Waals surface area contributed by atoms with Crippen LogP contribution in [0.2, 0.25) is 10.0 Å². The molecule has 0 aliphatic heterocycles. The number of rotatable bonds is 9. The van der Waals surface area contributed by atoms with Crippen molar-refractivity contribution in [3.63, 3.8) is 0 Å². The van der Waals surface area contributed by atoms with Crippen molar-refractivity contribution >= 4 is 58.1 Å². The van der Waals surface area contributed by atoms with Crippen LogP contribution in [0.5, 0.6) is 0 Å². The van der Waals surface area contributed by atoms with Crippen molar-refractivity contribution in [3.8, 4) is 0 Å². The van der Waals surface area contributed by atoms with E-state index in [-0.39, 0.29) is 11.0 Å². The Labute approximate surface area is 198 Å². The molecule has 166 valence electrons. The molecular weight excluding hydrogens is 455 g/mol. The maximum Gasteiger partial charge on any atom is 0.338 e. The predicted molar refractivity (Wildman–Crippen MR) is 130 cm³/mol. The summed E-state index contributed by atoms with van der Waals surface area (Å²) in [5, 5.41) is 4.10. The Morgan fingerprint density at radius 1 is 1.06 bits per heavy atom. The van der Waals surface area contributed by atoms with E-state index in [0.717, 1.165) is 24.8 Å². The Morgan fingerprint density at radius 3 is 2.39 bits per heavy atom. The molecule has 0 aliphatic rings. The predicted octanol–water partition coefficient (Wildman–Crippen LogP) is 6.16. The van der Waals surface area contributed by atoms with Gasteiger partial charge in [-0.15, -0.1) is 0 Å². The Balaban J connectivity index is 2.25. The molecule has 0 bridgehead atoms. The maximum absolute atomic E-state index is 12.3. The molecule has 1 N–H and O–H groups in total. The summed E-state index contributed by atoms with van der Waals surface area (Å²) in [5.41, 5.74) is 1.94. The lowest BCUT2D eigenvalue weighted by Crippen LogP contribution is -2.42. The van der Waals surface area contributed by atoms with Crippen LogP contribution in [0.15, 0.2) is 42.5 Å². The van der Waals surface area contributed by atoms with Gasteiger partial charge in [0.2, 0.25) is 5.91 Å². The fourth-order valence-corrected chi connectivity index (χ4v) is 3.63. The zero-order chi connectivity index (χ0) is 22.8. The van der Waals surface area contributed by atoms with E-state index in [1.165, 1.54) is 0 Å². The van der Waals surface area contributed by atoms with Crippen molar-refractivity contribution < 1.29 is 14.3 Å². The molecule has 2 aromatic rings. The fourth-order valence-electron chi connectivity index (χ4n) is 2.88. The van der Waals surface area contributed by atoms with Crippen LogP contribution in [-0.4, -0.2) is 23.6 Å². The number of anilines is 1. The highest BCUT2D eigenvalue weighted by molar-refractivity contribution is 7.80. The first-order chi connectivity index (χ1) is 14.8. The number of ether oxygens (including phenoxy) is 1. The van der Waals surface area contributed by atoms with Crippen molar-refractivity contribution in [1.29, 1.82) is 0 Å². The van der Waals surface area contributed by atoms with E-state index >= 15 is 0 Å². The standard InChI is InChI=1S/C23H26Cl2N2O3S/c1-3-5-6-7-21(28)26-23(31)27(15-17-8-11-18(24)14-20(17)25)19-12-9-16(10-13-19)22(29)30-4-2/h8-14H,3-7,15H2,1-2H3,(H,26,28,31). The summed E-state index contributed by atoms with van der Waals surface area (Å²) in [7, 11) is 0. The van der Waals surface area contributed by atoms with Crippen LogP contribution in [0, 0.1) is 0 Å². The van der Waals surface area contributed by atoms with E-state index < -0.39 is 5.97 Å². The molecular formula is C23H26Cl2N2O3S. The fraction of sp³-hybridized carbons (Fsp3) is 0.348. The summed E-state index contributed by atoms with van der Waals surface area (Å²) in [4.78, 5) is 26.0. The summed E-state index contributed by atoms with van der Waals surface area (Å²) in [6.45, 7) is 4.46. The number of unbranched alkanes of at least 4 members (excludes halogenated alkanes) is 2. The smallest absolute Gasteiger partial charge is 0.338 e. The Morgan fingerprint density at radius 2 is 1.77 bits per heavy atom. The van der Waals surface area contributed by atoms with E-state index in [1.807, 2.05) is 6.07 Å². The summed E-state index contributed by atoms with van der Waals surface area (Å²) in [6, 6.07) is 12.1. The third kappa shape index (κ3) is 7.80. The van der Waals surface area contributed by atoms with Crippen LogP contribution >= 0.6 is 35.4 Å². The molecule has 0 atom stereocenters. The number of nitrogens with zero attached hydrogens (tertiary/aromatic N) is 1. The van der Waals surface area contributed by atoms with Crippen LogP contribution in [0.4, 0.5) is 5.69 Å². The minimum atomic E-state index is -0.395.